The number of aryl methyl sites for hydroxylation is 2. The van der Waals surface area contributed by atoms with Crippen LogP contribution in [-0.4, -0.2) is 32.9 Å². The van der Waals surface area contributed by atoms with Gasteiger partial charge in [0.05, 0.1) is 11.8 Å². The van der Waals surface area contributed by atoms with Crippen molar-refractivity contribution in [2.75, 3.05) is 13.1 Å². The van der Waals surface area contributed by atoms with Crippen LogP contribution in [0.25, 0.3) is 0 Å². The zero-order valence-electron chi connectivity index (χ0n) is 14.3. The fraction of sp³-hybridized carbons (Fsp3) is 0.500. The smallest absolute Gasteiger partial charge is 0.131 e. The molecule has 2 atom stereocenters. The van der Waals surface area contributed by atoms with Gasteiger partial charge in [-0.3, -0.25) is 9.58 Å². The van der Waals surface area contributed by atoms with Crippen LogP contribution in [0.15, 0.2) is 18.2 Å². The minimum atomic E-state index is -0.983. The summed E-state index contributed by atoms with van der Waals surface area (Å²) >= 11 is 0. The molecule has 0 aliphatic carbocycles. The van der Waals surface area contributed by atoms with Crippen LogP contribution in [0.3, 0.4) is 0 Å². The number of β-amino-alcohol motifs (C(OH)–C–C–N with tert-alkyl or cyclic N) is 1. The summed E-state index contributed by atoms with van der Waals surface area (Å²) in [6.45, 7) is 5.20. The van der Waals surface area contributed by atoms with Gasteiger partial charge in [-0.15, -0.1) is 0 Å². The van der Waals surface area contributed by atoms with E-state index in [1.54, 1.807) is 0 Å². The molecule has 1 saturated heterocycles. The van der Waals surface area contributed by atoms with E-state index in [0.29, 0.717) is 6.54 Å². The SMILES string of the molecule is Cc1nn(C)c(C)c1[C@H]1CCCN1C[C@@H](O)c1ccc(F)cc1F. The lowest BCUT2D eigenvalue weighted by atomic mass is 10.0. The molecule has 0 bridgehead atoms. The predicted octanol–water partition coefficient (Wildman–Crippen LogP) is 3.19. The first-order valence-electron chi connectivity index (χ1n) is 8.25. The molecule has 3 rings (SSSR count). The quantitative estimate of drug-likeness (QED) is 0.933. The largest absolute Gasteiger partial charge is 0.387 e. The second kappa shape index (κ2) is 6.61. The van der Waals surface area contributed by atoms with Crippen molar-refractivity contribution < 1.29 is 13.9 Å². The van der Waals surface area contributed by atoms with E-state index in [-0.39, 0.29) is 11.6 Å². The Balaban J connectivity index is 1.81. The van der Waals surface area contributed by atoms with Crippen molar-refractivity contribution in [1.29, 1.82) is 0 Å². The van der Waals surface area contributed by atoms with Crippen LogP contribution in [0, 0.1) is 25.5 Å². The van der Waals surface area contributed by atoms with Crippen molar-refractivity contribution >= 4 is 0 Å². The Bertz CT molecular complexity index is 744. The molecule has 0 amide bonds. The van der Waals surface area contributed by atoms with Crippen LogP contribution >= 0.6 is 0 Å². The van der Waals surface area contributed by atoms with Crippen LogP contribution in [0.5, 0.6) is 0 Å². The first kappa shape index (κ1) is 17.0. The highest BCUT2D eigenvalue weighted by molar-refractivity contribution is 5.29. The number of benzene rings is 1. The summed E-state index contributed by atoms with van der Waals surface area (Å²) in [6, 6.07) is 3.49. The van der Waals surface area contributed by atoms with Gasteiger partial charge in [-0.05, 0) is 39.3 Å². The molecule has 1 aliphatic heterocycles. The molecular formula is C18H23F2N3O. The molecule has 1 aliphatic rings. The molecule has 2 aromatic rings. The normalized spacial score (nSPS) is 19.8. The molecule has 1 N–H and O–H groups in total. The van der Waals surface area contributed by atoms with E-state index in [1.807, 2.05) is 25.6 Å². The van der Waals surface area contributed by atoms with Gasteiger partial charge in [0.15, 0.2) is 0 Å². The third-order valence-corrected chi connectivity index (χ3v) is 4.99. The van der Waals surface area contributed by atoms with E-state index in [2.05, 4.69) is 10.00 Å². The Morgan fingerprint density at radius 2 is 2.08 bits per heavy atom. The Morgan fingerprint density at radius 1 is 1.33 bits per heavy atom. The van der Waals surface area contributed by atoms with E-state index >= 15 is 0 Å². The highest BCUT2D eigenvalue weighted by Crippen LogP contribution is 2.36. The maximum Gasteiger partial charge on any atom is 0.131 e. The van der Waals surface area contributed by atoms with E-state index in [4.69, 9.17) is 0 Å². The maximum atomic E-state index is 13.9. The lowest BCUT2D eigenvalue weighted by molar-refractivity contribution is 0.103. The van der Waals surface area contributed by atoms with Crippen molar-refractivity contribution in [2.45, 2.75) is 38.8 Å². The van der Waals surface area contributed by atoms with Gasteiger partial charge in [0.2, 0.25) is 0 Å². The summed E-state index contributed by atoms with van der Waals surface area (Å²) in [6.07, 6.45) is 1.03. The molecule has 1 aromatic heterocycles. The lowest BCUT2D eigenvalue weighted by Crippen LogP contribution is -2.29. The first-order valence-corrected chi connectivity index (χ1v) is 8.25. The summed E-state index contributed by atoms with van der Waals surface area (Å²) < 4.78 is 28.8. The Hall–Kier alpha value is -1.79. The summed E-state index contributed by atoms with van der Waals surface area (Å²) in [4.78, 5) is 2.17. The molecule has 24 heavy (non-hydrogen) atoms. The van der Waals surface area contributed by atoms with Gasteiger partial charge in [-0.1, -0.05) is 6.07 Å². The molecule has 1 aromatic carbocycles. The van der Waals surface area contributed by atoms with Crippen molar-refractivity contribution in [2.24, 2.45) is 7.05 Å². The van der Waals surface area contributed by atoms with Gasteiger partial charge in [-0.25, -0.2) is 8.78 Å². The van der Waals surface area contributed by atoms with Crippen LogP contribution in [0.1, 0.15) is 47.5 Å². The molecule has 2 heterocycles. The standard InChI is InChI=1S/C18H23F2N3O/c1-11-18(12(2)22(3)21-11)16-5-4-8-23(16)10-17(24)14-7-6-13(19)9-15(14)20/h6-7,9,16-17,24H,4-5,8,10H2,1-3H3/t16-,17-/m1/s1. The van der Waals surface area contributed by atoms with Crippen molar-refractivity contribution in [3.63, 3.8) is 0 Å². The molecule has 4 nitrogen and oxygen atoms in total. The summed E-state index contributed by atoms with van der Waals surface area (Å²) in [5, 5.41) is 14.9. The van der Waals surface area contributed by atoms with Gasteiger partial charge < -0.3 is 5.11 Å². The third kappa shape index (κ3) is 3.08. The van der Waals surface area contributed by atoms with Gasteiger partial charge in [0.25, 0.3) is 0 Å². The number of likely N-dealkylation sites (tertiary alicyclic amines) is 1. The minimum absolute atomic E-state index is 0.140. The fourth-order valence-corrected chi connectivity index (χ4v) is 3.74. The highest BCUT2D eigenvalue weighted by Gasteiger charge is 2.32. The zero-order valence-corrected chi connectivity index (χ0v) is 14.3. The molecule has 0 saturated carbocycles. The molecule has 1 fully saturated rings. The van der Waals surface area contributed by atoms with E-state index in [0.717, 1.165) is 36.8 Å². The number of halogens is 2. The Labute approximate surface area is 140 Å². The average molecular weight is 335 g/mol. The fourth-order valence-electron chi connectivity index (χ4n) is 3.74. The minimum Gasteiger partial charge on any atom is -0.387 e. The topological polar surface area (TPSA) is 41.3 Å². The second-order valence-electron chi connectivity index (χ2n) is 6.54. The Morgan fingerprint density at radius 3 is 2.71 bits per heavy atom. The van der Waals surface area contributed by atoms with Crippen LogP contribution in [0.4, 0.5) is 8.78 Å². The molecule has 0 spiro atoms. The summed E-state index contributed by atoms with van der Waals surface area (Å²) in [5.41, 5.74) is 3.45. The lowest BCUT2D eigenvalue weighted by Gasteiger charge is -2.27. The molecule has 6 heteroatoms. The van der Waals surface area contributed by atoms with Crippen LogP contribution in [-0.2, 0) is 7.05 Å². The molecule has 0 radical (unpaired) electrons. The Kier molecular flexibility index (Phi) is 4.69. The van der Waals surface area contributed by atoms with Gasteiger partial charge in [-0.2, -0.15) is 5.10 Å². The summed E-state index contributed by atoms with van der Waals surface area (Å²) in [7, 11) is 1.92. The second-order valence-corrected chi connectivity index (χ2v) is 6.54. The third-order valence-electron chi connectivity index (χ3n) is 4.99. The van der Waals surface area contributed by atoms with Crippen molar-refractivity contribution in [1.82, 2.24) is 14.7 Å². The molecule has 130 valence electrons. The number of rotatable bonds is 4. The number of aromatic nitrogens is 2. The van der Waals surface area contributed by atoms with E-state index < -0.39 is 17.7 Å². The van der Waals surface area contributed by atoms with Crippen molar-refractivity contribution in [3.8, 4) is 0 Å². The number of nitrogens with zero attached hydrogens (tertiary/aromatic N) is 3. The van der Waals surface area contributed by atoms with Crippen LogP contribution < -0.4 is 0 Å². The highest BCUT2D eigenvalue weighted by atomic mass is 19.1. The number of aliphatic hydroxyl groups is 1. The molecular weight excluding hydrogens is 312 g/mol. The predicted molar refractivity (Wildman–Crippen MR) is 87.5 cm³/mol. The maximum absolute atomic E-state index is 13.9. The monoisotopic (exact) mass is 335 g/mol. The summed E-state index contributed by atoms with van der Waals surface area (Å²) in [5.74, 6) is -1.34. The number of aliphatic hydroxyl groups excluding tert-OH is 1. The van der Waals surface area contributed by atoms with Gasteiger partial charge in [0.1, 0.15) is 11.6 Å². The van der Waals surface area contributed by atoms with Gasteiger partial charge in [0, 0.05) is 42.5 Å². The van der Waals surface area contributed by atoms with E-state index in [9.17, 15) is 13.9 Å². The number of hydrogen-bond donors (Lipinski definition) is 1. The van der Waals surface area contributed by atoms with E-state index in [1.165, 1.54) is 17.7 Å². The van der Waals surface area contributed by atoms with Crippen LogP contribution in [0.2, 0.25) is 0 Å². The zero-order chi connectivity index (χ0) is 17.4. The van der Waals surface area contributed by atoms with Crippen molar-refractivity contribution in [3.05, 3.63) is 52.3 Å². The molecule has 0 unspecified atom stereocenters. The first-order chi connectivity index (χ1) is 11.4. The average Bonchev–Trinajstić information content (AvgIpc) is 3.04. The number of hydrogen-bond acceptors (Lipinski definition) is 3. The van der Waals surface area contributed by atoms with Gasteiger partial charge >= 0.3 is 0 Å².